The van der Waals surface area contributed by atoms with Crippen LogP contribution in [-0.2, 0) is 31.9 Å². The van der Waals surface area contributed by atoms with E-state index in [-0.39, 0.29) is 32.0 Å². The fourth-order valence-electron chi connectivity index (χ4n) is 4.08. The Hall–Kier alpha value is -3.05. The lowest BCUT2D eigenvalue weighted by atomic mass is 9.93. The number of hydrogen-bond donors (Lipinski definition) is 0. The van der Waals surface area contributed by atoms with Crippen LogP contribution in [0.2, 0.25) is 0 Å². The smallest absolute Gasteiger partial charge is 0.268 e. The van der Waals surface area contributed by atoms with Gasteiger partial charge < -0.3 is 0 Å². The van der Waals surface area contributed by atoms with Crippen LogP contribution in [0.25, 0.3) is 0 Å². The highest BCUT2D eigenvalue weighted by molar-refractivity contribution is 7.91. The number of nitrogens with zero attached hydrogens (tertiary/aromatic N) is 4. The number of benzene rings is 2. The molecule has 4 rings (SSSR count). The minimum absolute atomic E-state index is 0.0476. The van der Waals surface area contributed by atoms with Crippen LogP contribution in [0.3, 0.4) is 0 Å². The van der Waals surface area contributed by atoms with Gasteiger partial charge in [0.2, 0.25) is 14.9 Å². The Labute approximate surface area is 199 Å². The fourth-order valence-corrected chi connectivity index (χ4v) is 7.15. The lowest BCUT2D eigenvalue weighted by Gasteiger charge is -2.23. The second kappa shape index (κ2) is 8.02. The van der Waals surface area contributed by atoms with Gasteiger partial charge in [-0.25, -0.2) is 25.8 Å². The molecule has 2 heterocycles. The van der Waals surface area contributed by atoms with Crippen molar-refractivity contribution in [3.05, 3.63) is 65.4 Å². The quantitative estimate of drug-likeness (QED) is 0.525. The van der Waals surface area contributed by atoms with Crippen LogP contribution >= 0.6 is 0 Å². The number of carbonyl (C=O) groups excluding carboxylic acids is 1. The predicted molar refractivity (Wildman–Crippen MR) is 125 cm³/mol. The molecule has 11 heteroatoms. The van der Waals surface area contributed by atoms with Crippen molar-refractivity contribution < 1.29 is 21.6 Å². The molecule has 0 saturated carbocycles. The molecule has 0 N–H and O–H groups in total. The van der Waals surface area contributed by atoms with E-state index in [0.717, 1.165) is 4.31 Å². The molecule has 0 unspecified atom stereocenters. The van der Waals surface area contributed by atoms with Crippen molar-refractivity contribution >= 4 is 25.8 Å². The van der Waals surface area contributed by atoms with E-state index in [0.29, 0.717) is 5.56 Å². The molecule has 0 fully saturated rings. The van der Waals surface area contributed by atoms with Gasteiger partial charge >= 0.3 is 0 Å². The number of carbonyl (C=O) groups is 1. The van der Waals surface area contributed by atoms with Crippen molar-refractivity contribution in [3.8, 4) is 0 Å². The summed E-state index contributed by atoms with van der Waals surface area (Å²) in [6.07, 6.45) is 0. The summed E-state index contributed by atoms with van der Waals surface area (Å²) in [5.41, 5.74) is 0.213. The first-order chi connectivity index (χ1) is 15.8. The summed E-state index contributed by atoms with van der Waals surface area (Å²) in [5.74, 6) is -0.727. The molecular formula is C23H26N4O5S2. The maximum atomic E-state index is 13.3. The summed E-state index contributed by atoms with van der Waals surface area (Å²) in [7, 11) is -8.17. The average molecular weight is 503 g/mol. The summed E-state index contributed by atoms with van der Waals surface area (Å²) >= 11 is 0. The Morgan fingerprint density at radius 1 is 1.00 bits per heavy atom. The second-order valence-corrected chi connectivity index (χ2v) is 13.2. The zero-order valence-electron chi connectivity index (χ0n) is 19.5. The maximum Gasteiger partial charge on any atom is 0.270 e. The van der Waals surface area contributed by atoms with E-state index in [1.54, 1.807) is 51.1 Å². The van der Waals surface area contributed by atoms with Crippen LogP contribution in [0, 0.1) is 0 Å². The minimum Gasteiger partial charge on any atom is -0.268 e. The third-order valence-corrected chi connectivity index (χ3v) is 9.11. The van der Waals surface area contributed by atoms with Crippen LogP contribution in [0.15, 0.2) is 63.3 Å². The minimum atomic E-state index is -4.14. The second-order valence-electron chi connectivity index (χ2n) is 9.48. The van der Waals surface area contributed by atoms with E-state index in [9.17, 15) is 21.6 Å². The average Bonchev–Trinajstić information content (AvgIpc) is 3.29. The standard InChI is InChI=1S/C23H26N4O5S2/c1-15(2)17-12-9-13-18-19(17)22(28)27(34(18,31)32)14-26-20(23(3,4)5)21(24-25-26)33(29,30)16-10-7-6-8-11-16/h6-13,15H,14H2,1-5H3. The number of hydrogen-bond acceptors (Lipinski definition) is 7. The Morgan fingerprint density at radius 3 is 2.24 bits per heavy atom. The molecule has 180 valence electrons. The van der Waals surface area contributed by atoms with Gasteiger partial charge in [0.15, 0.2) is 0 Å². The molecule has 1 amide bonds. The summed E-state index contributed by atoms with van der Waals surface area (Å²) in [6, 6.07) is 12.6. The topological polar surface area (TPSA) is 119 Å². The summed E-state index contributed by atoms with van der Waals surface area (Å²) in [5, 5.41) is 7.65. The number of sulfonamides is 1. The van der Waals surface area contributed by atoms with Crippen LogP contribution in [0.5, 0.6) is 0 Å². The van der Waals surface area contributed by atoms with Gasteiger partial charge in [0.1, 0.15) is 11.6 Å². The molecular weight excluding hydrogens is 476 g/mol. The normalized spacial score (nSPS) is 15.7. The Kier molecular flexibility index (Phi) is 5.68. The van der Waals surface area contributed by atoms with Crippen LogP contribution in [0.4, 0.5) is 0 Å². The number of sulfone groups is 1. The molecule has 0 bridgehead atoms. The zero-order valence-corrected chi connectivity index (χ0v) is 21.2. The van der Waals surface area contributed by atoms with E-state index >= 15 is 0 Å². The highest BCUT2D eigenvalue weighted by Crippen LogP contribution is 2.37. The van der Waals surface area contributed by atoms with Crippen LogP contribution < -0.4 is 0 Å². The Morgan fingerprint density at radius 2 is 1.65 bits per heavy atom. The molecule has 0 atom stereocenters. The van der Waals surface area contributed by atoms with Crippen molar-refractivity contribution in [1.29, 1.82) is 0 Å². The first kappa shape index (κ1) is 24.1. The van der Waals surface area contributed by atoms with Crippen LogP contribution in [-0.4, -0.2) is 42.0 Å². The lowest BCUT2D eigenvalue weighted by Crippen LogP contribution is -2.35. The molecule has 0 saturated heterocycles. The van der Waals surface area contributed by atoms with E-state index < -0.39 is 37.9 Å². The molecule has 0 radical (unpaired) electrons. The van der Waals surface area contributed by atoms with Gasteiger partial charge in [0.25, 0.3) is 15.9 Å². The third-order valence-electron chi connectivity index (χ3n) is 5.67. The largest absolute Gasteiger partial charge is 0.270 e. The van der Waals surface area contributed by atoms with Gasteiger partial charge in [-0.2, -0.15) is 0 Å². The first-order valence-electron chi connectivity index (χ1n) is 10.7. The monoisotopic (exact) mass is 502 g/mol. The van der Waals surface area contributed by atoms with Gasteiger partial charge in [0, 0.05) is 5.41 Å². The molecule has 2 aromatic carbocycles. The van der Waals surface area contributed by atoms with Crippen molar-refractivity contribution in [3.63, 3.8) is 0 Å². The molecule has 1 aliphatic heterocycles. The van der Waals surface area contributed by atoms with Crippen molar-refractivity contribution in [1.82, 2.24) is 19.3 Å². The van der Waals surface area contributed by atoms with E-state index in [2.05, 4.69) is 10.3 Å². The lowest BCUT2D eigenvalue weighted by molar-refractivity contribution is 0.0835. The van der Waals surface area contributed by atoms with Gasteiger partial charge in [-0.15, -0.1) is 5.10 Å². The molecule has 1 aliphatic rings. The van der Waals surface area contributed by atoms with E-state index in [1.165, 1.54) is 22.9 Å². The highest BCUT2D eigenvalue weighted by Gasteiger charge is 2.44. The molecule has 0 spiro atoms. The predicted octanol–water partition coefficient (Wildman–Crippen LogP) is 3.33. The molecule has 0 aliphatic carbocycles. The number of fused-ring (bicyclic) bond motifs is 1. The van der Waals surface area contributed by atoms with Gasteiger partial charge in [-0.3, -0.25) is 4.79 Å². The Bertz CT molecular complexity index is 1490. The Balaban J connectivity index is 1.84. The maximum absolute atomic E-state index is 13.3. The zero-order chi connectivity index (χ0) is 25.1. The van der Waals surface area contributed by atoms with Gasteiger partial charge in [-0.1, -0.05) is 70.2 Å². The summed E-state index contributed by atoms with van der Waals surface area (Å²) < 4.78 is 55.1. The van der Waals surface area contributed by atoms with E-state index in [4.69, 9.17) is 0 Å². The summed E-state index contributed by atoms with van der Waals surface area (Å²) in [4.78, 5) is 13.3. The number of aromatic nitrogens is 3. The number of rotatable bonds is 5. The van der Waals surface area contributed by atoms with Gasteiger partial charge in [-0.05, 0) is 29.7 Å². The van der Waals surface area contributed by atoms with Crippen LogP contribution in [0.1, 0.15) is 62.2 Å². The first-order valence-corrected chi connectivity index (χ1v) is 13.6. The third kappa shape index (κ3) is 3.72. The van der Waals surface area contributed by atoms with E-state index in [1.807, 2.05) is 13.8 Å². The number of amides is 1. The van der Waals surface area contributed by atoms with Crippen molar-refractivity contribution in [2.45, 2.75) is 67.4 Å². The van der Waals surface area contributed by atoms with Gasteiger partial charge in [0.05, 0.1) is 16.2 Å². The molecule has 1 aromatic heterocycles. The molecule has 3 aromatic rings. The summed E-state index contributed by atoms with van der Waals surface area (Å²) in [6.45, 7) is 8.60. The molecule has 34 heavy (non-hydrogen) atoms. The molecule has 9 nitrogen and oxygen atoms in total. The SMILES string of the molecule is CC(C)c1cccc2c1C(=O)N(Cn1nnc(S(=O)(=O)c3ccccc3)c1C(C)(C)C)S2(=O)=O. The van der Waals surface area contributed by atoms with Crippen molar-refractivity contribution in [2.75, 3.05) is 0 Å². The fraction of sp³-hybridized carbons (Fsp3) is 0.348. The highest BCUT2D eigenvalue weighted by atomic mass is 32.2. The van der Waals surface area contributed by atoms with Crippen molar-refractivity contribution in [2.24, 2.45) is 0 Å².